The van der Waals surface area contributed by atoms with E-state index in [0.29, 0.717) is 10.7 Å². The van der Waals surface area contributed by atoms with Gasteiger partial charge in [-0.1, -0.05) is 0 Å². The Hall–Kier alpha value is -2.08. The van der Waals surface area contributed by atoms with Gasteiger partial charge in [-0.05, 0) is 37.6 Å². The highest BCUT2D eigenvalue weighted by molar-refractivity contribution is 7.18. The van der Waals surface area contributed by atoms with E-state index < -0.39 is 5.66 Å². The van der Waals surface area contributed by atoms with E-state index in [1.807, 2.05) is 26.0 Å². The number of carbonyl (C=O) groups excluding carboxylic acids is 1. The molecule has 2 aromatic rings. The Labute approximate surface area is 114 Å². The Morgan fingerprint density at radius 1 is 1.32 bits per heavy atom. The Balaban J connectivity index is 2.06. The van der Waals surface area contributed by atoms with Gasteiger partial charge in [0.05, 0.1) is 5.69 Å². The summed E-state index contributed by atoms with van der Waals surface area (Å²) in [5.41, 5.74) is 7.09. The molecular weight excluding hydrogens is 260 g/mol. The predicted molar refractivity (Wildman–Crippen MR) is 77.1 cm³/mol. The molecule has 0 spiro atoms. The molecule has 0 unspecified atom stereocenters. The van der Waals surface area contributed by atoms with Gasteiger partial charge in [-0.15, -0.1) is 11.3 Å². The number of rotatable bonds is 1. The average Bonchev–Trinajstić information content (AvgIpc) is 2.71. The summed E-state index contributed by atoms with van der Waals surface area (Å²) in [6.45, 7) is 3.85. The van der Waals surface area contributed by atoms with Gasteiger partial charge in [0.15, 0.2) is 0 Å². The number of hydrogen-bond acceptors (Lipinski definition) is 5. The molecule has 0 fully saturated rings. The summed E-state index contributed by atoms with van der Waals surface area (Å²) in [5, 5.41) is 6.21. The van der Waals surface area contributed by atoms with E-state index in [9.17, 15) is 4.79 Å². The van der Waals surface area contributed by atoms with Crippen molar-refractivity contribution < 1.29 is 4.79 Å². The smallest absolute Gasteiger partial charge is 0.265 e. The molecule has 3 rings (SSSR count). The van der Waals surface area contributed by atoms with Crippen molar-refractivity contribution in [3.05, 3.63) is 29.3 Å². The number of hydrogen-bond donors (Lipinski definition) is 3. The Kier molecular flexibility index (Phi) is 2.50. The molecular formula is C13H14N4OS. The Morgan fingerprint density at radius 3 is 2.84 bits per heavy atom. The normalized spacial score (nSPS) is 16.4. The van der Waals surface area contributed by atoms with E-state index in [1.165, 1.54) is 11.3 Å². The van der Waals surface area contributed by atoms with Gasteiger partial charge in [-0.25, -0.2) is 4.98 Å². The lowest BCUT2D eigenvalue weighted by atomic mass is 10.1. The third-order valence-electron chi connectivity index (χ3n) is 2.88. The zero-order valence-electron chi connectivity index (χ0n) is 10.7. The van der Waals surface area contributed by atoms with E-state index in [2.05, 4.69) is 15.6 Å². The van der Waals surface area contributed by atoms with Crippen LogP contribution in [0.2, 0.25) is 0 Å². The number of nitrogens with two attached hydrogens (primary N) is 1. The number of thiophene rings is 1. The van der Waals surface area contributed by atoms with Crippen molar-refractivity contribution in [3.8, 4) is 10.4 Å². The number of nitrogens with zero attached hydrogens (tertiary/aromatic N) is 1. The second-order valence-corrected chi connectivity index (χ2v) is 6.08. The van der Waals surface area contributed by atoms with Crippen LogP contribution in [0.3, 0.4) is 0 Å². The van der Waals surface area contributed by atoms with Crippen molar-refractivity contribution in [2.75, 3.05) is 11.1 Å². The molecule has 0 bridgehead atoms. The largest absolute Gasteiger partial charge is 0.384 e. The number of amides is 1. The van der Waals surface area contributed by atoms with Crippen LogP contribution in [0.15, 0.2) is 24.4 Å². The highest BCUT2D eigenvalue weighted by Gasteiger charge is 2.31. The molecule has 1 amide bonds. The Bertz CT molecular complexity index is 662. The van der Waals surface area contributed by atoms with Gasteiger partial charge in [0.2, 0.25) is 0 Å². The van der Waals surface area contributed by atoms with Crippen molar-refractivity contribution in [3.63, 3.8) is 0 Å². The van der Waals surface area contributed by atoms with Crippen LogP contribution in [0, 0.1) is 0 Å². The first-order chi connectivity index (χ1) is 8.94. The molecule has 0 saturated heterocycles. The maximum Gasteiger partial charge on any atom is 0.265 e. The van der Waals surface area contributed by atoms with Crippen molar-refractivity contribution in [1.29, 1.82) is 0 Å². The molecule has 2 aromatic heterocycles. The van der Waals surface area contributed by atoms with Crippen LogP contribution < -0.4 is 16.4 Å². The maximum absolute atomic E-state index is 12.0. The number of fused-ring (bicyclic) bond motifs is 1. The monoisotopic (exact) mass is 274 g/mol. The zero-order chi connectivity index (χ0) is 13.6. The number of pyridine rings is 1. The summed E-state index contributed by atoms with van der Waals surface area (Å²) < 4.78 is 0. The lowest BCUT2D eigenvalue weighted by Gasteiger charge is -2.32. The average molecular weight is 274 g/mol. The van der Waals surface area contributed by atoms with Gasteiger partial charge in [0, 0.05) is 11.1 Å². The fourth-order valence-electron chi connectivity index (χ4n) is 2.10. The van der Waals surface area contributed by atoms with Crippen molar-refractivity contribution in [2.24, 2.45) is 0 Å². The summed E-state index contributed by atoms with van der Waals surface area (Å²) >= 11 is 1.45. The second-order valence-electron chi connectivity index (χ2n) is 5.03. The molecule has 0 aliphatic carbocycles. The van der Waals surface area contributed by atoms with Gasteiger partial charge in [0.25, 0.3) is 5.91 Å². The summed E-state index contributed by atoms with van der Waals surface area (Å²) in [6.07, 6.45) is 1.67. The van der Waals surface area contributed by atoms with Crippen LogP contribution in [-0.4, -0.2) is 16.6 Å². The van der Waals surface area contributed by atoms with Gasteiger partial charge >= 0.3 is 0 Å². The maximum atomic E-state index is 12.0. The fraction of sp³-hybridized carbons (Fsp3) is 0.231. The minimum Gasteiger partial charge on any atom is -0.384 e. The van der Waals surface area contributed by atoms with Gasteiger partial charge < -0.3 is 16.4 Å². The highest BCUT2D eigenvalue weighted by atomic mass is 32.1. The molecule has 5 nitrogen and oxygen atoms in total. The topological polar surface area (TPSA) is 80.0 Å². The van der Waals surface area contributed by atoms with Gasteiger partial charge in [0.1, 0.15) is 16.4 Å². The number of aromatic nitrogens is 1. The minimum absolute atomic E-state index is 0.0444. The number of nitrogen functional groups attached to an aromatic ring is 1. The van der Waals surface area contributed by atoms with Crippen LogP contribution in [-0.2, 0) is 0 Å². The summed E-state index contributed by atoms with van der Waals surface area (Å²) in [6, 6.07) is 5.67. The standard InChI is InChI=1S/C13H14N4OS/c1-13(2)16-8-6-9(19-11(8)12(18)17-13)7-3-4-15-10(14)5-7/h3-6,16H,1-2H3,(H2,14,15)(H,17,18). The molecule has 4 N–H and O–H groups in total. The first-order valence-corrected chi connectivity index (χ1v) is 6.73. The van der Waals surface area contributed by atoms with Crippen LogP contribution in [0.5, 0.6) is 0 Å². The molecule has 1 aliphatic heterocycles. The molecule has 0 aromatic carbocycles. The van der Waals surface area contributed by atoms with Crippen LogP contribution in [0.4, 0.5) is 11.5 Å². The highest BCUT2D eigenvalue weighted by Crippen LogP contribution is 2.38. The first kappa shape index (κ1) is 12.0. The van der Waals surface area contributed by atoms with E-state index in [-0.39, 0.29) is 5.91 Å². The van der Waals surface area contributed by atoms with E-state index in [4.69, 9.17) is 5.73 Å². The molecule has 98 valence electrons. The van der Waals surface area contributed by atoms with Gasteiger partial charge in [-0.2, -0.15) is 0 Å². The molecule has 1 aliphatic rings. The number of anilines is 2. The van der Waals surface area contributed by atoms with E-state index in [0.717, 1.165) is 16.1 Å². The van der Waals surface area contributed by atoms with Crippen molar-refractivity contribution in [2.45, 2.75) is 19.5 Å². The Morgan fingerprint density at radius 2 is 2.11 bits per heavy atom. The fourth-order valence-corrected chi connectivity index (χ4v) is 3.11. The SMILES string of the molecule is CC1(C)NC(=O)c2sc(-c3ccnc(N)c3)cc2N1. The minimum atomic E-state index is -0.431. The molecule has 6 heteroatoms. The zero-order valence-corrected chi connectivity index (χ0v) is 11.5. The summed E-state index contributed by atoms with van der Waals surface area (Å²) in [5.74, 6) is 0.429. The molecule has 0 atom stereocenters. The lowest BCUT2D eigenvalue weighted by molar-refractivity contribution is 0.0919. The summed E-state index contributed by atoms with van der Waals surface area (Å²) in [7, 11) is 0. The van der Waals surface area contributed by atoms with Crippen LogP contribution >= 0.6 is 11.3 Å². The molecule has 0 saturated carbocycles. The summed E-state index contributed by atoms with van der Waals surface area (Å²) in [4.78, 5) is 17.7. The van der Waals surface area contributed by atoms with E-state index in [1.54, 1.807) is 12.3 Å². The first-order valence-electron chi connectivity index (χ1n) is 5.91. The number of nitrogens with one attached hydrogen (secondary N) is 2. The van der Waals surface area contributed by atoms with Crippen LogP contribution in [0.25, 0.3) is 10.4 Å². The third-order valence-corrected chi connectivity index (χ3v) is 4.06. The second kappa shape index (κ2) is 3.96. The predicted octanol–water partition coefficient (Wildman–Crippen LogP) is 2.28. The molecule has 19 heavy (non-hydrogen) atoms. The quantitative estimate of drug-likeness (QED) is 0.745. The van der Waals surface area contributed by atoms with Crippen LogP contribution in [0.1, 0.15) is 23.5 Å². The third kappa shape index (κ3) is 2.15. The molecule has 3 heterocycles. The van der Waals surface area contributed by atoms with E-state index >= 15 is 0 Å². The lowest BCUT2D eigenvalue weighted by Crippen LogP contribution is -2.52. The van der Waals surface area contributed by atoms with Gasteiger partial charge in [-0.3, -0.25) is 4.79 Å². The van der Waals surface area contributed by atoms with Crippen molar-refractivity contribution in [1.82, 2.24) is 10.3 Å². The molecule has 0 radical (unpaired) electrons. The van der Waals surface area contributed by atoms with Crippen molar-refractivity contribution >= 4 is 28.7 Å². The number of carbonyl (C=O) groups is 1.